The highest BCUT2D eigenvalue weighted by molar-refractivity contribution is 7.47. The molecule has 2 unspecified atom stereocenters. The number of phosphoric ester groups is 2. The van der Waals surface area contributed by atoms with Crippen LogP contribution < -0.4 is 0 Å². The van der Waals surface area contributed by atoms with Gasteiger partial charge in [0.25, 0.3) is 0 Å². The van der Waals surface area contributed by atoms with Crippen molar-refractivity contribution in [2.45, 2.75) is 400 Å². The Morgan fingerprint density at radius 1 is 0.290 bits per heavy atom. The monoisotopic (exact) mass is 1370 g/mol. The minimum atomic E-state index is -4.95. The fourth-order valence-corrected chi connectivity index (χ4v) is 12.9. The number of phosphoric acid groups is 2. The van der Waals surface area contributed by atoms with Crippen molar-refractivity contribution in [2.24, 2.45) is 11.8 Å². The molecule has 0 heterocycles. The summed E-state index contributed by atoms with van der Waals surface area (Å²) in [6, 6.07) is 0. The Bertz CT molecular complexity index is 1800. The molecule has 0 spiro atoms. The molecule has 17 nitrogen and oxygen atoms in total. The Morgan fingerprint density at radius 3 is 0.731 bits per heavy atom. The molecule has 0 bridgehead atoms. The SMILES string of the molecule is CCCCCCCCCCCCCCCCCCCCCCC(=O)O[C@H](COC(=O)CCCCCCCCCCCCCCCCCC(C)C)COP(=O)(O)OC[C@@H](O)COP(=O)(O)OC[C@@H](COC(=O)CCCCCCC)OC(=O)CCCCCCCCCC(C)C. The standard InChI is InChI=1S/C74H144O17P2/c1-7-9-11-13-14-15-16-17-18-19-20-21-22-25-29-32-35-40-46-52-58-73(78)91-70(63-85-72(77)57-51-45-39-34-31-28-26-23-24-27-30-33-37-43-48-54-66(3)4)65-89-93(82,83)87-61-68(75)60-86-92(80,81)88-64-69(62-84-71(76)56-50-42-12-10-8-2)90-74(79)59-53-47-41-36-38-44-49-55-67(5)6/h66-70,75H,7-65H2,1-6H3,(H,80,81)(H,82,83)/t68-,69+,70+/m0/s1. The molecule has 0 aromatic heterocycles. The zero-order valence-electron chi connectivity index (χ0n) is 60.6. The number of rotatable bonds is 73. The van der Waals surface area contributed by atoms with Crippen LogP contribution in [0.5, 0.6) is 0 Å². The van der Waals surface area contributed by atoms with Gasteiger partial charge in [-0.15, -0.1) is 0 Å². The van der Waals surface area contributed by atoms with Crippen molar-refractivity contribution in [1.29, 1.82) is 0 Å². The summed E-state index contributed by atoms with van der Waals surface area (Å²) in [5.74, 6) is -0.631. The van der Waals surface area contributed by atoms with Crippen LogP contribution in [0.1, 0.15) is 382 Å². The van der Waals surface area contributed by atoms with Crippen LogP contribution in [0.4, 0.5) is 0 Å². The van der Waals surface area contributed by atoms with Crippen molar-refractivity contribution in [3.05, 3.63) is 0 Å². The van der Waals surface area contributed by atoms with Gasteiger partial charge in [0, 0.05) is 25.7 Å². The number of ether oxygens (including phenoxy) is 4. The highest BCUT2D eigenvalue weighted by Crippen LogP contribution is 2.45. The molecule has 0 saturated carbocycles. The average molecular weight is 1370 g/mol. The molecule has 0 aromatic carbocycles. The number of aliphatic hydroxyl groups is 1. The summed E-state index contributed by atoms with van der Waals surface area (Å²) >= 11 is 0. The molecular formula is C74H144O17P2. The first-order valence-electron chi connectivity index (χ1n) is 38.5. The summed E-state index contributed by atoms with van der Waals surface area (Å²) in [5, 5.41) is 10.6. The summed E-state index contributed by atoms with van der Waals surface area (Å²) in [6.45, 7) is 9.45. The maximum atomic E-state index is 13.1. The van der Waals surface area contributed by atoms with Crippen molar-refractivity contribution in [3.63, 3.8) is 0 Å². The van der Waals surface area contributed by atoms with Crippen LogP contribution in [-0.4, -0.2) is 96.7 Å². The molecule has 0 aliphatic heterocycles. The number of hydrogen-bond donors (Lipinski definition) is 3. The number of carbonyl (C=O) groups is 4. The number of unbranched alkanes of at least 4 members (excludes halogenated alkanes) is 43. The Labute approximate surface area is 568 Å². The number of aliphatic hydroxyl groups excluding tert-OH is 1. The van der Waals surface area contributed by atoms with Crippen molar-refractivity contribution in [1.82, 2.24) is 0 Å². The van der Waals surface area contributed by atoms with E-state index >= 15 is 0 Å². The minimum absolute atomic E-state index is 0.103. The summed E-state index contributed by atoms with van der Waals surface area (Å²) in [7, 11) is -9.89. The second kappa shape index (κ2) is 66.0. The predicted octanol–water partition coefficient (Wildman–Crippen LogP) is 21.6. The third-order valence-electron chi connectivity index (χ3n) is 17.2. The van der Waals surface area contributed by atoms with Gasteiger partial charge in [0.1, 0.15) is 19.3 Å². The molecular weight excluding hydrogens is 1220 g/mol. The summed E-state index contributed by atoms with van der Waals surface area (Å²) in [4.78, 5) is 72.4. The second-order valence-corrected chi connectivity index (χ2v) is 30.5. The zero-order valence-corrected chi connectivity index (χ0v) is 62.3. The van der Waals surface area contributed by atoms with Gasteiger partial charge in [-0.2, -0.15) is 0 Å². The summed E-state index contributed by atoms with van der Waals surface area (Å²) in [5.41, 5.74) is 0. The normalized spacial score (nSPS) is 14.1. The molecule has 3 N–H and O–H groups in total. The first-order chi connectivity index (χ1) is 44.9. The lowest BCUT2D eigenvalue weighted by atomic mass is 10.0. The Kier molecular flexibility index (Phi) is 64.6. The largest absolute Gasteiger partial charge is 0.472 e. The molecule has 0 radical (unpaired) electrons. The Hall–Kier alpha value is -1.94. The average Bonchev–Trinajstić information content (AvgIpc) is 2.68. The smallest absolute Gasteiger partial charge is 0.462 e. The lowest BCUT2D eigenvalue weighted by Gasteiger charge is -2.21. The van der Waals surface area contributed by atoms with E-state index in [-0.39, 0.29) is 25.7 Å². The van der Waals surface area contributed by atoms with E-state index in [0.717, 1.165) is 102 Å². The van der Waals surface area contributed by atoms with E-state index in [0.29, 0.717) is 31.6 Å². The fraction of sp³-hybridized carbons (Fsp3) is 0.946. The van der Waals surface area contributed by atoms with Gasteiger partial charge in [-0.05, 0) is 37.5 Å². The molecule has 0 amide bonds. The summed E-state index contributed by atoms with van der Waals surface area (Å²) < 4.78 is 68.2. The van der Waals surface area contributed by atoms with Crippen LogP contribution in [0.15, 0.2) is 0 Å². The Morgan fingerprint density at radius 2 is 0.495 bits per heavy atom. The molecule has 0 aliphatic carbocycles. The van der Waals surface area contributed by atoms with Gasteiger partial charge in [-0.3, -0.25) is 37.3 Å². The van der Waals surface area contributed by atoms with Crippen LogP contribution in [-0.2, 0) is 65.4 Å². The van der Waals surface area contributed by atoms with E-state index in [2.05, 4.69) is 41.5 Å². The van der Waals surface area contributed by atoms with Crippen molar-refractivity contribution >= 4 is 39.5 Å². The maximum Gasteiger partial charge on any atom is 0.472 e. The van der Waals surface area contributed by atoms with Gasteiger partial charge in [-0.1, -0.05) is 330 Å². The van der Waals surface area contributed by atoms with Crippen molar-refractivity contribution < 1.29 is 80.2 Å². The van der Waals surface area contributed by atoms with Crippen LogP contribution >= 0.6 is 15.6 Å². The molecule has 93 heavy (non-hydrogen) atoms. The molecule has 0 aliphatic rings. The lowest BCUT2D eigenvalue weighted by Crippen LogP contribution is -2.30. The number of esters is 4. The lowest BCUT2D eigenvalue weighted by molar-refractivity contribution is -0.161. The van der Waals surface area contributed by atoms with E-state index in [1.807, 2.05) is 0 Å². The minimum Gasteiger partial charge on any atom is -0.462 e. The molecule has 19 heteroatoms. The fourth-order valence-electron chi connectivity index (χ4n) is 11.3. The molecule has 5 atom stereocenters. The second-order valence-electron chi connectivity index (χ2n) is 27.6. The van der Waals surface area contributed by atoms with E-state index in [1.54, 1.807) is 0 Å². The maximum absolute atomic E-state index is 13.1. The molecule has 0 fully saturated rings. The third-order valence-corrected chi connectivity index (χ3v) is 19.1. The van der Waals surface area contributed by atoms with Crippen LogP contribution in [0.25, 0.3) is 0 Å². The van der Waals surface area contributed by atoms with E-state index in [1.165, 1.54) is 193 Å². The molecule has 0 saturated heterocycles. The van der Waals surface area contributed by atoms with Crippen LogP contribution in [0, 0.1) is 11.8 Å². The molecule has 0 aromatic rings. The zero-order chi connectivity index (χ0) is 68.6. The van der Waals surface area contributed by atoms with Crippen LogP contribution in [0.3, 0.4) is 0 Å². The highest BCUT2D eigenvalue weighted by atomic mass is 31.2. The van der Waals surface area contributed by atoms with Crippen molar-refractivity contribution in [2.75, 3.05) is 39.6 Å². The predicted molar refractivity (Wildman–Crippen MR) is 377 cm³/mol. The number of hydrogen-bond acceptors (Lipinski definition) is 15. The topological polar surface area (TPSA) is 237 Å². The van der Waals surface area contributed by atoms with Crippen molar-refractivity contribution in [3.8, 4) is 0 Å². The van der Waals surface area contributed by atoms with Gasteiger partial charge in [0.2, 0.25) is 0 Å². The molecule has 552 valence electrons. The van der Waals surface area contributed by atoms with E-state index in [4.69, 9.17) is 37.0 Å². The summed E-state index contributed by atoms with van der Waals surface area (Å²) in [6.07, 6.45) is 53.4. The first-order valence-corrected chi connectivity index (χ1v) is 41.5. The third kappa shape index (κ3) is 68.4. The highest BCUT2D eigenvalue weighted by Gasteiger charge is 2.30. The van der Waals surface area contributed by atoms with Gasteiger partial charge in [0.15, 0.2) is 12.2 Å². The van der Waals surface area contributed by atoms with Gasteiger partial charge < -0.3 is 33.8 Å². The number of carbonyl (C=O) groups excluding carboxylic acids is 4. The molecule has 0 rings (SSSR count). The quantitative estimate of drug-likeness (QED) is 0.0222. The first kappa shape index (κ1) is 91.1. The van der Waals surface area contributed by atoms with Crippen LogP contribution in [0.2, 0.25) is 0 Å². The van der Waals surface area contributed by atoms with Gasteiger partial charge >= 0.3 is 39.5 Å². The van der Waals surface area contributed by atoms with Gasteiger partial charge in [0.05, 0.1) is 26.4 Å². The van der Waals surface area contributed by atoms with E-state index in [9.17, 15) is 43.2 Å². The van der Waals surface area contributed by atoms with Gasteiger partial charge in [-0.25, -0.2) is 9.13 Å². The van der Waals surface area contributed by atoms with E-state index < -0.39 is 97.5 Å². The Balaban J connectivity index is 5.12.